The third-order valence-corrected chi connectivity index (χ3v) is 6.24. The Hall–Kier alpha value is -3.08. The second kappa shape index (κ2) is 7.63. The van der Waals surface area contributed by atoms with Crippen molar-refractivity contribution >= 4 is 5.69 Å². The maximum absolute atomic E-state index is 9.36. The molecule has 0 radical (unpaired) electrons. The van der Waals surface area contributed by atoms with Crippen LogP contribution in [0.5, 0.6) is 0 Å². The molecule has 0 bridgehead atoms. The van der Waals surface area contributed by atoms with Crippen LogP contribution in [-0.2, 0) is 17.6 Å². The molecule has 0 atom stereocenters. The molecule has 3 heterocycles. The van der Waals surface area contributed by atoms with Crippen LogP contribution in [0.15, 0.2) is 65.3 Å². The number of para-hydroxylation sites is 1. The number of ether oxygens (including phenoxy) is 1. The normalized spacial score (nSPS) is 19.7. The number of nitrogens with zero attached hydrogens (tertiary/aromatic N) is 3. The molecule has 0 N–H and O–H groups in total. The van der Waals surface area contributed by atoms with Crippen molar-refractivity contribution in [2.75, 3.05) is 13.1 Å². The number of allylic oxidation sites excluding steroid dienone is 6. The molecule has 0 aliphatic carbocycles. The Morgan fingerprint density at radius 3 is 2.23 bits per heavy atom. The van der Waals surface area contributed by atoms with Crippen molar-refractivity contribution in [2.45, 2.75) is 46.5 Å². The summed E-state index contributed by atoms with van der Waals surface area (Å²) in [5, 5.41) is 18.7. The van der Waals surface area contributed by atoms with Gasteiger partial charge in [0.2, 0.25) is 0 Å². The Labute approximate surface area is 179 Å². The first-order valence-corrected chi connectivity index (χ1v) is 10.7. The zero-order valence-corrected chi connectivity index (χ0v) is 18.0. The van der Waals surface area contributed by atoms with Gasteiger partial charge >= 0.3 is 0 Å². The van der Waals surface area contributed by atoms with Crippen molar-refractivity contribution in [3.8, 4) is 12.1 Å². The molecule has 0 saturated carbocycles. The largest absolute Gasteiger partial charge is 0.461 e. The Morgan fingerprint density at radius 1 is 1.03 bits per heavy atom. The number of hydrogen-bond donors (Lipinski definition) is 0. The fourth-order valence-electron chi connectivity index (χ4n) is 4.77. The van der Waals surface area contributed by atoms with Gasteiger partial charge in [-0.1, -0.05) is 39.0 Å². The van der Waals surface area contributed by atoms with E-state index in [1.54, 1.807) is 0 Å². The molecule has 4 heteroatoms. The van der Waals surface area contributed by atoms with E-state index in [0.29, 0.717) is 11.3 Å². The second-order valence-electron chi connectivity index (χ2n) is 9.39. The van der Waals surface area contributed by atoms with E-state index in [-0.39, 0.29) is 11.0 Å². The average molecular weight is 399 g/mol. The Morgan fingerprint density at radius 2 is 1.67 bits per heavy atom. The predicted octanol–water partition coefficient (Wildman–Crippen LogP) is 5.59. The highest BCUT2D eigenvalue weighted by Crippen LogP contribution is 2.42. The number of quaternary nitrogens is 1. The summed E-state index contributed by atoms with van der Waals surface area (Å²) in [7, 11) is 0. The third kappa shape index (κ3) is 3.60. The Kier molecular flexibility index (Phi) is 5.14. The smallest absolute Gasteiger partial charge is 0.143 e. The topological polar surface area (TPSA) is 56.8 Å². The van der Waals surface area contributed by atoms with Crippen molar-refractivity contribution in [3.63, 3.8) is 0 Å². The van der Waals surface area contributed by atoms with Crippen LogP contribution in [0.1, 0.15) is 44.7 Å². The van der Waals surface area contributed by atoms with E-state index < -0.39 is 0 Å². The van der Waals surface area contributed by atoms with Gasteiger partial charge in [-0.05, 0) is 25.0 Å². The van der Waals surface area contributed by atoms with Gasteiger partial charge in [0.05, 0.1) is 13.1 Å². The van der Waals surface area contributed by atoms with Crippen molar-refractivity contribution in [2.24, 2.45) is 5.41 Å². The van der Waals surface area contributed by atoms with Gasteiger partial charge in [-0.25, -0.2) is 0 Å². The molecular formula is C26H28N3O+. The van der Waals surface area contributed by atoms with Crippen LogP contribution in [-0.4, -0.2) is 13.1 Å². The average Bonchev–Trinajstić information content (AvgIpc) is 2.73. The highest BCUT2D eigenvalue weighted by molar-refractivity contribution is 5.62. The fourth-order valence-corrected chi connectivity index (χ4v) is 4.77. The molecule has 4 rings (SSSR count). The van der Waals surface area contributed by atoms with Crippen LogP contribution >= 0.6 is 0 Å². The molecule has 3 aliphatic heterocycles. The van der Waals surface area contributed by atoms with Crippen LogP contribution in [0.3, 0.4) is 0 Å². The van der Waals surface area contributed by atoms with Crippen molar-refractivity contribution < 1.29 is 4.74 Å². The molecule has 1 aromatic carbocycles. The summed E-state index contributed by atoms with van der Waals surface area (Å²) in [6, 6.07) is 10.8. The first-order valence-electron chi connectivity index (χ1n) is 10.7. The molecule has 0 saturated heterocycles. The van der Waals surface area contributed by atoms with E-state index in [0.717, 1.165) is 36.2 Å². The fraction of sp³-hybridized carbons (Fsp3) is 0.385. The monoisotopic (exact) mass is 398 g/mol. The van der Waals surface area contributed by atoms with Crippen molar-refractivity contribution in [3.05, 3.63) is 76.4 Å². The minimum Gasteiger partial charge on any atom is -0.461 e. The number of benzene rings is 1. The molecule has 30 heavy (non-hydrogen) atoms. The lowest BCUT2D eigenvalue weighted by atomic mass is 9.89. The van der Waals surface area contributed by atoms with E-state index in [1.165, 1.54) is 29.7 Å². The van der Waals surface area contributed by atoms with Crippen LogP contribution in [0.25, 0.3) is 0 Å². The van der Waals surface area contributed by atoms with E-state index >= 15 is 0 Å². The Bertz CT molecular complexity index is 1040. The van der Waals surface area contributed by atoms with Gasteiger partial charge in [0, 0.05) is 41.0 Å². The summed E-state index contributed by atoms with van der Waals surface area (Å²) in [6.07, 6.45) is 12.6. The van der Waals surface area contributed by atoms with E-state index in [4.69, 9.17) is 4.74 Å². The summed E-state index contributed by atoms with van der Waals surface area (Å²) in [5.74, 6) is 1.45. The van der Waals surface area contributed by atoms with E-state index in [2.05, 4.69) is 45.2 Å². The highest BCUT2D eigenvalue weighted by Gasteiger charge is 2.38. The van der Waals surface area contributed by atoms with Crippen LogP contribution in [0, 0.1) is 28.1 Å². The summed E-state index contributed by atoms with van der Waals surface area (Å²) in [4.78, 5) is 0. The molecule has 0 spiro atoms. The van der Waals surface area contributed by atoms with Gasteiger partial charge in [0.25, 0.3) is 0 Å². The maximum Gasteiger partial charge on any atom is 0.143 e. The molecule has 4 nitrogen and oxygen atoms in total. The van der Waals surface area contributed by atoms with Crippen LogP contribution in [0.4, 0.5) is 5.69 Å². The van der Waals surface area contributed by atoms with Crippen LogP contribution < -0.4 is 4.48 Å². The zero-order valence-electron chi connectivity index (χ0n) is 18.0. The number of aryl methyl sites for hydroxylation is 2. The quantitative estimate of drug-likeness (QED) is 0.482. The van der Waals surface area contributed by atoms with Gasteiger partial charge in [0.1, 0.15) is 41.1 Å². The van der Waals surface area contributed by atoms with Gasteiger partial charge in [-0.3, -0.25) is 4.48 Å². The van der Waals surface area contributed by atoms with Gasteiger partial charge in [-0.2, -0.15) is 10.5 Å². The lowest BCUT2D eigenvalue weighted by Crippen LogP contribution is -2.51. The molecule has 0 aromatic heterocycles. The van der Waals surface area contributed by atoms with Crippen LogP contribution in [0.2, 0.25) is 0 Å². The number of nitriles is 2. The van der Waals surface area contributed by atoms with Gasteiger partial charge in [-0.15, -0.1) is 0 Å². The highest BCUT2D eigenvalue weighted by atomic mass is 16.5. The van der Waals surface area contributed by atoms with Gasteiger partial charge < -0.3 is 4.74 Å². The predicted molar refractivity (Wildman–Crippen MR) is 119 cm³/mol. The summed E-state index contributed by atoms with van der Waals surface area (Å²) in [5.41, 5.74) is 4.91. The molecule has 152 valence electrons. The first-order chi connectivity index (χ1) is 14.4. The minimum atomic E-state index is -0.225. The molecule has 1 aromatic rings. The SMILES string of the molecule is CC(C)(C)C1=CC(=C(C#N)C#N)C=C(C=C[N+]23CCCc4cccc(c42)CCC3)O1. The lowest BCUT2D eigenvalue weighted by molar-refractivity contribution is 0.222. The van der Waals surface area contributed by atoms with Crippen molar-refractivity contribution in [1.29, 1.82) is 10.5 Å². The van der Waals surface area contributed by atoms with E-state index in [1.807, 2.05) is 30.4 Å². The van der Waals surface area contributed by atoms with Gasteiger partial charge in [0.15, 0.2) is 0 Å². The third-order valence-electron chi connectivity index (χ3n) is 6.24. The molecular weight excluding hydrogens is 370 g/mol. The van der Waals surface area contributed by atoms with E-state index in [9.17, 15) is 10.5 Å². The summed E-state index contributed by atoms with van der Waals surface area (Å²) in [6.45, 7) is 8.41. The molecule has 3 aliphatic rings. The maximum atomic E-state index is 9.36. The Balaban J connectivity index is 1.75. The molecule has 0 unspecified atom stereocenters. The lowest BCUT2D eigenvalue weighted by Gasteiger charge is -2.43. The molecule has 0 amide bonds. The first kappa shape index (κ1) is 20.2. The minimum absolute atomic E-state index is 0.113. The summed E-state index contributed by atoms with van der Waals surface area (Å²) < 4.78 is 7.07. The number of hydrogen-bond acceptors (Lipinski definition) is 3. The second-order valence-corrected chi connectivity index (χ2v) is 9.39. The standard InChI is InChI=1S/C26H28N3O/c1-26(2,3)24-16-21(22(17-27)18-28)15-23(30-24)11-14-29-12-5-9-19-7-4-8-20(25(19)29)10-6-13-29/h4,7-8,11,14-16H,5-6,9-10,12-13H2,1-3H3/q+1. The number of rotatable bonds is 2. The van der Waals surface area contributed by atoms with Crippen molar-refractivity contribution in [1.82, 2.24) is 4.48 Å². The summed E-state index contributed by atoms with van der Waals surface area (Å²) >= 11 is 0. The molecule has 0 fully saturated rings. The zero-order chi connectivity index (χ0) is 21.4.